The molecule has 0 unspecified atom stereocenters. The maximum absolute atomic E-state index is 5.46. The Morgan fingerprint density at radius 1 is 0.885 bits per heavy atom. The summed E-state index contributed by atoms with van der Waals surface area (Å²) in [6, 6.07) is 16.3. The Bertz CT molecular complexity index is 1050. The van der Waals surface area contributed by atoms with Crippen molar-refractivity contribution in [1.29, 1.82) is 0 Å². The smallest absolute Gasteiger partial charge is 0.158 e. The maximum Gasteiger partial charge on any atom is 0.158 e. The molecule has 130 valence electrons. The summed E-state index contributed by atoms with van der Waals surface area (Å²) in [5.74, 6) is 0.747. The van der Waals surface area contributed by atoms with E-state index in [4.69, 9.17) is 4.52 Å². The van der Waals surface area contributed by atoms with Crippen LogP contribution in [0, 0.1) is 20.8 Å². The summed E-state index contributed by atoms with van der Waals surface area (Å²) in [7, 11) is 0. The number of hydrogen-bond donors (Lipinski definition) is 0. The van der Waals surface area contributed by atoms with E-state index in [0.717, 1.165) is 28.3 Å². The number of nitrogens with zero attached hydrogens (tertiary/aromatic N) is 4. The van der Waals surface area contributed by atoms with Crippen LogP contribution in [0.2, 0.25) is 0 Å². The third-order valence-corrected chi connectivity index (χ3v) is 4.60. The fraction of sp³-hybridized carbons (Fsp3) is 0.190. The molecule has 2 aromatic heterocycles. The first-order valence-electron chi connectivity index (χ1n) is 8.59. The van der Waals surface area contributed by atoms with Crippen molar-refractivity contribution in [3.63, 3.8) is 0 Å². The van der Waals surface area contributed by atoms with Gasteiger partial charge < -0.3 is 4.52 Å². The molecule has 2 heterocycles. The van der Waals surface area contributed by atoms with Gasteiger partial charge in [0.1, 0.15) is 17.9 Å². The van der Waals surface area contributed by atoms with Crippen LogP contribution in [0.15, 0.2) is 59.3 Å². The summed E-state index contributed by atoms with van der Waals surface area (Å²) >= 11 is 0. The van der Waals surface area contributed by atoms with E-state index in [-0.39, 0.29) is 0 Å². The molecular weight excluding hydrogens is 324 g/mol. The molecule has 0 radical (unpaired) electrons. The van der Waals surface area contributed by atoms with Crippen LogP contribution < -0.4 is 0 Å². The Labute approximate surface area is 152 Å². The minimum atomic E-state index is 0.497. The zero-order chi connectivity index (χ0) is 18.1. The van der Waals surface area contributed by atoms with Crippen LogP contribution in [-0.4, -0.2) is 20.2 Å². The van der Waals surface area contributed by atoms with Crippen molar-refractivity contribution in [3.05, 3.63) is 77.2 Å². The Kier molecular flexibility index (Phi) is 4.13. The number of benzene rings is 2. The molecule has 5 heteroatoms. The minimum Gasteiger partial charge on any atom is -0.359 e. The van der Waals surface area contributed by atoms with Gasteiger partial charge in [0.05, 0.1) is 6.20 Å². The van der Waals surface area contributed by atoms with Gasteiger partial charge in [-0.15, -0.1) is 5.10 Å². The molecule has 0 amide bonds. The Hall–Kier alpha value is -3.21. The average Bonchev–Trinajstić information content (AvgIpc) is 3.29. The van der Waals surface area contributed by atoms with Gasteiger partial charge in [-0.2, -0.15) is 0 Å². The first-order valence-corrected chi connectivity index (χ1v) is 8.59. The lowest BCUT2D eigenvalue weighted by Crippen LogP contribution is -1.98. The Balaban J connectivity index is 1.56. The lowest BCUT2D eigenvalue weighted by Gasteiger charge is -2.06. The molecule has 4 aromatic rings. The molecule has 0 fully saturated rings. The third kappa shape index (κ3) is 3.16. The first-order chi connectivity index (χ1) is 12.6. The van der Waals surface area contributed by atoms with E-state index in [1.54, 1.807) is 4.68 Å². The van der Waals surface area contributed by atoms with E-state index in [1.807, 2.05) is 42.6 Å². The normalized spacial score (nSPS) is 11.0. The summed E-state index contributed by atoms with van der Waals surface area (Å²) in [6.45, 7) is 6.83. The second-order valence-electron chi connectivity index (χ2n) is 6.60. The lowest BCUT2D eigenvalue weighted by atomic mass is 9.99. The Morgan fingerprint density at radius 3 is 2.46 bits per heavy atom. The molecule has 0 aliphatic heterocycles. The van der Waals surface area contributed by atoms with Gasteiger partial charge in [-0.25, -0.2) is 4.68 Å². The van der Waals surface area contributed by atoms with Gasteiger partial charge in [-0.3, -0.25) is 0 Å². The molecule has 4 rings (SSSR count). The maximum atomic E-state index is 5.46. The molecule has 5 nitrogen and oxygen atoms in total. The van der Waals surface area contributed by atoms with Crippen LogP contribution in [0.1, 0.15) is 22.5 Å². The molecule has 0 aliphatic carbocycles. The molecular formula is C21H20N4O. The molecule has 0 atom stereocenters. The van der Waals surface area contributed by atoms with Crippen molar-refractivity contribution >= 4 is 0 Å². The van der Waals surface area contributed by atoms with Gasteiger partial charge >= 0.3 is 0 Å². The van der Waals surface area contributed by atoms with Crippen LogP contribution in [-0.2, 0) is 6.54 Å². The summed E-state index contributed by atoms with van der Waals surface area (Å²) in [6.07, 6.45) is 1.95. The minimum absolute atomic E-state index is 0.497. The second-order valence-corrected chi connectivity index (χ2v) is 6.60. The van der Waals surface area contributed by atoms with Crippen LogP contribution in [0.25, 0.3) is 22.5 Å². The fourth-order valence-electron chi connectivity index (χ4n) is 3.03. The van der Waals surface area contributed by atoms with Crippen LogP contribution in [0.4, 0.5) is 0 Å². The van der Waals surface area contributed by atoms with Crippen molar-refractivity contribution in [3.8, 4) is 22.5 Å². The standard InChI is InChI=1S/C21H20N4O/c1-14-9-16(3)19(10-15(14)2)21-13-25(24-22-21)12-18-11-20(23-26-18)17-7-5-4-6-8-17/h4-11,13H,12H2,1-3H3. The highest BCUT2D eigenvalue weighted by atomic mass is 16.5. The highest BCUT2D eigenvalue weighted by Gasteiger charge is 2.11. The van der Waals surface area contributed by atoms with Crippen molar-refractivity contribution < 1.29 is 4.52 Å². The Morgan fingerprint density at radius 2 is 1.65 bits per heavy atom. The van der Waals surface area contributed by atoms with Crippen molar-refractivity contribution in [2.75, 3.05) is 0 Å². The molecule has 0 aliphatic rings. The predicted octanol–water partition coefficient (Wildman–Crippen LogP) is 4.57. The summed E-state index contributed by atoms with van der Waals surface area (Å²) in [5.41, 5.74) is 7.58. The van der Waals surface area contributed by atoms with Gasteiger partial charge in [0.2, 0.25) is 0 Å². The van der Waals surface area contributed by atoms with Gasteiger partial charge in [-0.05, 0) is 43.5 Å². The van der Waals surface area contributed by atoms with Crippen molar-refractivity contribution in [2.45, 2.75) is 27.3 Å². The van der Waals surface area contributed by atoms with E-state index in [1.165, 1.54) is 16.7 Å². The zero-order valence-electron chi connectivity index (χ0n) is 15.1. The van der Waals surface area contributed by atoms with E-state index in [2.05, 4.69) is 48.4 Å². The summed E-state index contributed by atoms with van der Waals surface area (Å²) in [5, 5.41) is 12.7. The van der Waals surface area contributed by atoms with Gasteiger partial charge in [0.15, 0.2) is 5.76 Å². The van der Waals surface area contributed by atoms with Crippen molar-refractivity contribution in [1.82, 2.24) is 20.2 Å². The SMILES string of the molecule is Cc1cc(C)c(-c2cn(Cc3cc(-c4ccccc4)no3)nn2)cc1C. The first kappa shape index (κ1) is 16.3. The third-order valence-electron chi connectivity index (χ3n) is 4.60. The van der Waals surface area contributed by atoms with E-state index in [0.29, 0.717) is 6.54 Å². The van der Waals surface area contributed by atoms with Crippen LogP contribution >= 0.6 is 0 Å². The molecule has 2 aromatic carbocycles. The molecule has 0 bridgehead atoms. The van der Waals surface area contributed by atoms with E-state index in [9.17, 15) is 0 Å². The topological polar surface area (TPSA) is 56.7 Å². The highest BCUT2D eigenvalue weighted by Crippen LogP contribution is 2.25. The summed E-state index contributed by atoms with van der Waals surface area (Å²) < 4.78 is 7.23. The van der Waals surface area contributed by atoms with E-state index < -0.39 is 0 Å². The molecule has 0 N–H and O–H groups in total. The van der Waals surface area contributed by atoms with Crippen LogP contribution in [0.5, 0.6) is 0 Å². The fourth-order valence-corrected chi connectivity index (χ4v) is 3.03. The second kappa shape index (κ2) is 6.59. The number of hydrogen-bond acceptors (Lipinski definition) is 4. The van der Waals surface area contributed by atoms with Gasteiger partial charge in [-0.1, -0.05) is 46.8 Å². The molecule has 26 heavy (non-hydrogen) atoms. The zero-order valence-corrected chi connectivity index (χ0v) is 15.1. The van der Waals surface area contributed by atoms with Gasteiger partial charge in [0, 0.05) is 17.2 Å². The van der Waals surface area contributed by atoms with Gasteiger partial charge in [0.25, 0.3) is 0 Å². The van der Waals surface area contributed by atoms with E-state index >= 15 is 0 Å². The molecule has 0 saturated carbocycles. The van der Waals surface area contributed by atoms with Crippen LogP contribution in [0.3, 0.4) is 0 Å². The number of aryl methyl sites for hydroxylation is 3. The van der Waals surface area contributed by atoms with Crippen molar-refractivity contribution in [2.24, 2.45) is 0 Å². The molecule has 0 saturated heterocycles. The quantitative estimate of drug-likeness (QED) is 0.544. The largest absolute Gasteiger partial charge is 0.359 e. The number of aromatic nitrogens is 4. The highest BCUT2D eigenvalue weighted by molar-refractivity contribution is 5.64. The predicted molar refractivity (Wildman–Crippen MR) is 101 cm³/mol. The molecule has 0 spiro atoms. The summed E-state index contributed by atoms with van der Waals surface area (Å²) in [4.78, 5) is 0. The number of rotatable bonds is 4. The monoisotopic (exact) mass is 344 g/mol. The average molecular weight is 344 g/mol. The lowest BCUT2D eigenvalue weighted by molar-refractivity contribution is 0.372.